The third-order valence-corrected chi connectivity index (χ3v) is 5.34. The predicted molar refractivity (Wildman–Crippen MR) is 121 cm³/mol. The normalized spacial score (nSPS) is 12.4. The number of rotatable bonds is 6. The molecule has 0 saturated heterocycles. The van der Waals surface area contributed by atoms with Crippen molar-refractivity contribution in [3.05, 3.63) is 82.9 Å². The van der Waals surface area contributed by atoms with Gasteiger partial charge < -0.3 is 13.6 Å². The lowest BCUT2D eigenvalue weighted by atomic mass is 10.1. The standard InChI is InChI=1S/C26H22F3NO4/c1-4-32-24(31)11-15(2)18-7-10-23-19(12-18)13-21(34-23)14-22-16(3)33-25(30-22)17-5-8-20(9-6-17)26(27,28)29/h5-13H,4,14H2,1-3H3/b15-11+. The van der Waals surface area contributed by atoms with E-state index in [9.17, 15) is 18.0 Å². The van der Waals surface area contributed by atoms with Gasteiger partial charge in [-0.25, -0.2) is 9.78 Å². The number of hydrogen-bond donors (Lipinski definition) is 0. The van der Waals surface area contributed by atoms with Crippen LogP contribution >= 0.6 is 0 Å². The summed E-state index contributed by atoms with van der Waals surface area (Å²) in [7, 11) is 0. The maximum atomic E-state index is 12.8. The summed E-state index contributed by atoms with van der Waals surface area (Å²) in [5, 5.41) is 0.869. The van der Waals surface area contributed by atoms with Gasteiger partial charge in [-0.1, -0.05) is 6.07 Å². The average Bonchev–Trinajstić information content (AvgIpc) is 3.35. The average molecular weight is 469 g/mol. The number of ether oxygens (including phenoxy) is 1. The third kappa shape index (κ3) is 5.06. The van der Waals surface area contributed by atoms with Crippen LogP contribution in [-0.2, 0) is 22.1 Å². The van der Waals surface area contributed by atoms with Gasteiger partial charge in [-0.05, 0) is 74.4 Å². The number of carbonyl (C=O) groups excluding carboxylic acids is 1. The van der Waals surface area contributed by atoms with Gasteiger partial charge in [0, 0.05) is 17.0 Å². The van der Waals surface area contributed by atoms with Gasteiger partial charge in [0.1, 0.15) is 17.1 Å². The Morgan fingerprint density at radius 2 is 1.82 bits per heavy atom. The molecule has 4 rings (SSSR count). The lowest BCUT2D eigenvalue weighted by molar-refractivity contribution is -0.138. The molecular formula is C26H22F3NO4. The van der Waals surface area contributed by atoms with Gasteiger partial charge in [0.25, 0.3) is 0 Å². The first-order valence-corrected chi connectivity index (χ1v) is 10.7. The number of carbonyl (C=O) groups is 1. The Labute approximate surface area is 193 Å². The van der Waals surface area contributed by atoms with Gasteiger partial charge in [-0.15, -0.1) is 0 Å². The Hall–Kier alpha value is -3.81. The van der Waals surface area contributed by atoms with Crippen molar-refractivity contribution < 1.29 is 31.5 Å². The molecule has 0 unspecified atom stereocenters. The van der Waals surface area contributed by atoms with Crippen molar-refractivity contribution in [1.29, 1.82) is 0 Å². The molecule has 2 heterocycles. The molecule has 176 valence electrons. The van der Waals surface area contributed by atoms with E-state index >= 15 is 0 Å². The fraction of sp³-hybridized carbons (Fsp3) is 0.231. The van der Waals surface area contributed by atoms with E-state index in [-0.39, 0.29) is 5.89 Å². The number of benzene rings is 2. The lowest BCUT2D eigenvalue weighted by Gasteiger charge is -2.06. The molecular weight excluding hydrogens is 447 g/mol. The number of furan rings is 1. The Kier molecular flexibility index (Phi) is 6.32. The Morgan fingerprint density at radius 1 is 1.09 bits per heavy atom. The SMILES string of the molecule is CCOC(=O)/C=C(\C)c1ccc2oc(Cc3nc(-c4ccc(C(F)(F)F)cc4)oc3C)cc2c1. The molecule has 34 heavy (non-hydrogen) atoms. The fourth-order valence-corrected chi connectivity index (χ4v) is 3.56. The number of alkyl halides is 3. The summed E-state index contributed by atoms with van der Waals surface area (Å²) in [6.45, 7) is 5.65. The number of halogens is 3. The van der Waals surface area contributed by atoms with Crippen LogP contribution in [-0.4, -0.2) is 17.6 Å². The van der Waals surface area contributed by atoms with Crippen LogP contribution in [0.3, 0.4) is 0 Å². The zero-order valence-corrected chi connectivity index (χ0v) is 18.8. The number of hydrogen-bond acceptors (Lipinski definition) is 5. The van der Waals surface area contributed by atoms with Crippen molar-refractivity contribution in [1.82, 2.24) is 4.98 Å². The van der Waals surface area contributed by atoms with E-state index in [0.29, 0.717) is 41.4 Å². The first-order valence-electron chi connectivity index (χ1n) is 10.7. The van der Waals surface area contributed by atoms with Crippen LogP contribution in [0.4, 0.5) is 13.2 Å². The number of nitrogens with zero attached hydrogens (tertiary/aromatic N) is 1. The van der Waals surface area contributed by atoms with Gasteiger partial charge in [-0.2, -0.15) is 13.2 Å². The van der Waals surface area contributed by atoms with Crippen molar-refractivity contribution in [3.63, 3.8) is 0 Å². The Morgan fingerprint density at radius 3 is 2.50 bits per heavy atom. The second-order valence-electron chi connectivity index (χ2n) is 7.82. The van der Waals surface area contributed by atoms with Crippen molar-refractivity contribution >= 4 is 22.5 Å². The topological polar surface area (TPSA) is 65.5 Å². The summed E-state index contributed by atoms with van der Waals surface area (Å²) < 4.78 is 55.0. The summed E-state index contributed by atoms with van der Waals surface area (Å²) >= 11 is 0. The minimum absolute atomic E-state index is 0.249. The molecule has 5 nitrogen and oxygen atoms in total. The molecule has 0 N–H and O–H groups in total. The second kappa shape index (κ2) is 9.21. The van der Waals surface area contributed by atoms with Crippen LogP contribution in [0.25, 0.3) is 28.0 Å². The predicted octanol–water partition coefficient (Wildman–Crippen LogP) is 6.97. The van der Waals surface area contributed by atoms with Crippen molar-refractivity contribution in [2.45, 2.75) is 33.4 Å². The molecule has 0 fully saturated rings. The molecule has 8 heteroatoms. The number of oxazole rings is 1. The van der Waals surface area contributed by atoms with E-state index in [1.54, 1.807) is 13.8 Å². The molecule has 0 amide bonds. The summed E-state index contributed by atoms with van der Waals surface area (Å²) in [5.41, 5.74) is 2.69. The fourth-order valence-electron chi connectivity index (χ4n) is 3.56. The van der Waals surface area contributed by atoms with E-state index in [0.717, 1.165) is 28.7 Å². The molecule has 0 saturated carbocycles. The zero-order valence-electron chi connectivity index (χ0n) is 18.8. The Bertz CT molecular complexity index is 1360. The first-order chi connectivity index (χ1) is 16.1. The molecule has 0 bridgehead atoms. The summed E-state index contributed by atoms with van der Waals surface area (Å²) in [5.74, 6) is 1.08. The molecule has 0 radical (unpaired) electrons. The highest BCUT2D eigenvalue weighted by Crippen LogP contribution is 2.32. The summed E-state index contributed by atoms with van der Waals surface area (Å²) in [4.78, 5) is 16.2. The number of allylic oxidation sites excluding steroid dienone is 1. The molecule has 0 aliphatic heterocycles. The van der Waals surface area contributed by atoms with Crippen LogP contribution in [0.1, 0.15) is 42.2 Å². The summed E-state index contributed by atoms with van der Waals surface area (Å²) in [6, 6.07) is 12.2. The maximum Gasteiger partial charge on any atom is 0.416 e. The van der Waals surface area contributed by atoms with E-state index in [1.807, 2.05) is 31.2 Å². The molecule has 0 aliphatic carbocycles. The van der Waals surface area contributed by atoms with Crippen molar-refractivity contribution in [2.24, 2.45) is 0 Å². The minimum Gasteiger partial charge on any atom is -0.463 e. The molecule has 0 atom stereocenters. The van der Waals surface area contributed by atoms with E-state index < -0.39 is 17.7 Å². The molecule has 4 aromatic rings. The highest BCUT2D eigenvalue weighted by molar-refractivity contribution is 5.92. The Balaban J connectivity index is 1.55. The number of aryl methyl sites for hydroxylation is 1. The number of fused-ring (bicyclic) bond motifs is 1. The van der Waals surface area contributed by atoms with Crippen LogP contribution in [0.5, 0.6) is 0 Å². The molecule has 2 aromatic heterocycles. The molecule has 0 aliphatic rings. The number of aromatic nitrogens is 1. The van der Waals surface area contributed by atoms with Crippen LogP contribution in [0.15, 0.2) is 63.4 Å². The number of esters is 1. The van der Waals surface area contributed by atoms with Gasteiger partial charge in [0.15, 0.2) is 0 Å². The quantitative estimate of drug-likeness (QED) is 0.225. The van der Waals surface area contributed by atoms with Gasteiger partial charge in [0.05, 0.1) is 24.3 Å². The monoisotopic (exact) mass is 469 g/mol. The highest BCUT2D eigenvalue weighted by atomic mass is 19.4. The minimum atomic E-state index is -4.40. The van der Waals surface area contributed by atoms with Crippen molar-refractivity contribution in [2.75, 3.05) is 6.61 Å². The lowest BCUT2D eigenvalue weighted by Crippen LogP contribution is -2.03. The third-order valence-electron chi connectivity index (χ3n) is 5.34. The van der Waals surface area contributed by atoms with Crippen LogP contribution in [0.2, 0.25) is 0 Å². The zero-order chi connectivity index (χ0) is 24.5. The smallest absolute Gasteiger partial charge is 0.416 e. The maximum absolute atomic E-state index is 12.8. The molecule has 2 aromatic carbocycles. The molecule has 0 spiro atoms. The first kappa shape index (κ1) is 23.4. The van der Waals surface area contributed by atoms with E-state index in [4.69, 9.17) is 13.6 Å². The van der Waals surface area contributed by atoms with Gasteiger partial charge >= 0.3 is 12.1 Å². The largest absolute Gasteiger partial charge is 0.463 e. The van der Waals surface area contributed by atoms with Crippen LogP contribution < -0.4 is 0 Å². The summed E-state index contributed by atoms with van der Waals surface area (Å²) in [6.07, 6.45) is -2.59. The second-order valence-corrected chi connectivity index (χ2v) is 7.82. The van der Waals surface area contributed by atoms with Gasteiger partial charge in [0.2, 0.25) is 5.89 Å². The van der Waals surface area contributed by atoms with E-state index in [2.05, 4.69) is 4.98 Å². The highest BCUT2D eigenvalue weighted by Gasteiger charge is 2.30. The van der Waals surface area contributed by atoms with E-state index in [1.165, 1.54) is 18.2 Å². The van der Waals surface area contributed by atoms with Crippen molar-refractivity contribution in [3.8, 4) is 11.5 Å². The van der Waals surface area contributed by atoms with Gasteiger partial charge in [-0.3, -0.25) is 0 Å². The van der Waals surface area contributed by atoms with Crippen LogP contribution in [0, 0.1) is 6.92 Å².